The molecule has 0 bridgehead atoms. The number of aliphatic hydroxyl groups is 1. The SMILES string of the molecule is CC(C)(CO)CNCc1ccc(F)cc1/C(N)=N/O. The Balaban J connectivity index is 2.79. The summed E-state index contributed by atoms with van der Waals surface area (Å²) >= 11 is 0. The van der Waals surface area contributed by atoms with Crippen molar-refractivity contribution in [1.82, 2.24) is 5.32 Å². The number of hydrogen-bond acceptors (Lipinski definition) is 4. The summed E-state index contributed by atoms with van der Waals surface area (Å²) in [4.78, 5) is 0. The number of nitrogens with zero attached hydrogens (tertiary/aromatic N) is 1. The zero-order chi connectivity index (χ0) is 14.5. The van der Waals surface area contributed by atoms with E-state index < -0.39 is 5.82 Å². The molecule has 0 heterocycles. The van der Waals surface area contributed by atoms with Gasteiger partial charge in [-0.1, -0.05) is 25.1 Å². The molecule has 0 fully saturated rings. The van der Waals surface area contributed by atoms with E-state index in [0.717, 1.165) is 5.56 Å². The van der Waals surface area contributed by atoms with Gasteiger partial charge in [-0.25, -0.2) is 4.39 Å². The predicted molar refractivity (Wildman–Crippen MR) is 71.5 cm³/mol. The van der Waals surface area contributed by atoms with Crippen molar-refractivity contribution >= 4 is 5.84 Å². The van der Waals surface area contributed by atoms with E-state index in [1.165, 1.54) is 12.1 Å². The smallest absolute Gasteiger partial charge is 0.170 e. The molecule has 5 nitrogen and oxygen atoms in total. The first-order valence-electron chi connectivity index (χ1n) is 5.97. The average molecular weight is 269 g/mol. The number of nitrogens with one attached hydrogen (secondary N) is 1. The molecule has 0 aliphatic rings. The van der Waals surface area contributed by atoms with Crippen molar-refractivity contribution in [3.05, 3.63) is 35.1 Å². The molecule has 1 aromatic rings. The number of rotatable bonds is 6. The minimum Gasteiger partial charge on any atom is -0.409 e. The monoisotopic (exact) mass is 269 g/mol. The average Bonchev–Trinajstić information content (AvgIpc) is 2.39. The fourth-order valence-corrected chi connectivity index (χ4v) is 1.59. The van der Waals surface area contributed by atoms with Crippen LogP contribution in [0.4, 0.5) is 4.39 Å². The van der Waals surface area contributed by atoms with Gasteiger partial charge in [0.15, 0.2) is 5.84 Å². The number of nitrogens with two attached hydrogens (primary N) is 1. The minimum absolute atomic E-state index is 0.0660. The van der Waals surface area contributed by atoms with Crippen molar-refractivity contribution < 1.29 is 14.7 Å². The molecule has 1 aromatic carbocycles. The minimum atomic E-state index is -0.443. The molecule has 106 valence electrons. The van der Waals surface area contributed by atoms with E-state index in [0.29, 0.717) is 18.7 Å². The van der Waals surface area contributed by atoms with Crippen LogP contribution in [0.25, 0.3) is 0 Å². The Kier molecular flexibility index (Phi) is 5.26. The van der Waals surface area contributed by atoms with Crippen LogP contribution in [0, 0.1) is 11.2 Å². The predicted octanol–water partition coefficient (Wildman–Crippen LogP) is 1.03. The van der Waals surface area contributed by atoms with Gasteiger partial charge in [0, 0.05) is 30.7 Å². The lowest BCUT2D eigenvalue weighted by molar-refractivity contribution is 0.156. The van der Waals surface area contributed by atoms with Crippen molar-refractivity contribution in [1.29, 1.82) is 0 Å². The van der Waals surface area contributed by atoms with Crippen LogP contribution in [-0.4, -0.2) is 29.3 Å². The van der Waals surface area contributed by atoms with Gasteiger partial charge >= 0.3 is 0 Å². The van der Waals surface area contributed by atoms with E-state index in [1.54, 1.807) is 6.07 Å². The van der Waals surface area contributed by atoms with E-state index in [4.69, 9.17) is 16.0 Å². The first-order chi connectivity index (χ1) is 8.89. The first-order valence-corrected chi connectivity index (χ1v) is 5.97. The van der Waals surface area contributed by atoms with Gasteiger partial charge in [-0.05, 0) is 17.7 Å². The lowest BCUT2D eigenvalue weighted by Gasteiger charge is -2.22. The van der Waals surface area contributed by atoms with Crippen molar-refractivity contribution in [2.45, 2.75) is 20.4 Å². The molecule has 5 N–H and O–H groups in total. The molecule has 0 aromatic heterocycles. The van der Waals surface area contributed by atoms with Gasteiger partial charge < -0.3 is 21.4 Å². The molecule has 0 aliphatic carbocycles. The van der Waals surface area contributed by atoms with E-state index in [1.807, 2.05) is 13.8 Å². The number of hydrogen-bond donors (Lipinski definition) is 4. The highest BCUT2D eigenvalue weighted by molar-refractivity contribution is 5.98. The second-order valence-electron chi connectivity index (χ2n) is 5.21. The molecule has 0 amide bonds. The Morgan fingerprint density at radius 3 is 2.74 bits per heavy atom. The van der Waals surface area contributed by atoms with Gasteiger partial charge in [0.1, 0.15) is 5.82 Å². The second kappa shape index (κ2) is 6.49. The van der Waals surface area contributed by atoms with Crippen LogP contribution in [0.5, 0.6) is 0 Å². The highest BCUT2D eigenvalue weighted by Crippen LogP contribution is 2.14. The quantitative estimate of drug-likeness (QED) is 0.269. The van der Waals surface area contributed by atoms with E-state index in [-0.39, 0.29) is 17.9 Å². The number of amidine groups is 1. The van der Waals surface area contributed by atoms with Crippen LogP contribution < -0.4 is 11.1 Å². The summed E-state index contributed by atoms with van der Waals surface area (Å²) in [7, 11) is 0. The fraction of sp³-hybridized carbons (Fsp3) is 0.462. The van der Waals surface area contributed by atoms with Crippen LogP contribution in [0.3, 0.4) is 0 Å². The summed E-state index contributed by atoms with van der Waals surface area (Å²) in [5.41, 5.74) is 6.36. The Hall–Kier alpha value is -1.66. The van der Waals surface area contributed by atoms with Gasteiger partial charge in [-0.2, -0.15) is 0 Å². The zero-order valence-corrected chi connectivity index (χ0v) is 11.2. The topological polar surface area (TPSA) is 90.9 Å². The molecule has 0 radical (unpaired) electrons. The third-order valence-electron chi connectivity index (χ3n) is 2.80. The zero-order valence-electron chi connectivity index (χ0n) is 11.2. The van der Waals surface area contributed by atoms with Crippen LogP contribution in [0.15, 0.2) is 23.4 Å². The Morgan fingerprint density at radius 2 is 2.16 bits per heavy atom. The Morgan fingerprint density at radius 1 is 1.47 bits per heavy atom. The van der Waals surface area contributed by atoms with Crippen LogP contribution in [-0.2, 0) is 6.54 Å². The molecular weight excluding hydrogens is 249 g/mol. The molecular formula is C13H20FN3O2. The van der Waals surface area contributed by atoms with Crippen LogP contribution in [0.2, 0.25) is 0 Å². The first kappa shape index (κ1) is 15.4. The maximum absolute atomic E-state index is 13.2. The standard InChI is InChI=1S/C13H20FN3O2/c1-13(2,8-18)7-16-6-9-3-4-10(14)5-11(9)12(15)17-19/h3-5,16,18-19H,6-8H2,1-2H3,(H2,15,17). The molecule has 1 rings (SSSR count). The summed E-state index contributed by atoms with van der Waals surface area (Å²) in [6.07, 6.45) is 0. The summed E-state index contributed by atoms with van der Waals surface area (Å²) in [6, 6.07) is 4.13. The highest BCUT2D eigenvalue weighted by atomic mass is 19.1. The van der Waals surface area contributed by atoms with Gasteiger partial charge in [0.2, 0.25) is 0 Å². The summed E-state index contributed by atoms with van der Waals surface area (Å²) in [5.74, 6) is -0.571. The third-order valence-corrected chi connectivity index (χ3v) is 2.80. The molecule has 0 spiro atoms. The van der Waals surface area contributed by atoms with Gasteiger partial charge in [0.05, 0.1) is 0 Å². The molecule has 0 saturated carbocycles. The maximum Gasteiger partial charge on any atom is 0.170 e. The highest BCUT2D eigenvalue weighted by Gasteiger charge is 2.16. The number of oxime groups is 1. The molecule has 0 saturated heterocycles. The third kappa shape index (κ3) is 4.50. The Bertz CT molecular complexity index is 461. The van der Waals surface area contributed by atoms with Gasteiger partial charge in [0.25, 0.3) is 0 Å². The van der Waals surface area contributed by atoms with Crippen LogP contribution in [0.1, 0.15) is 25.0 Å². The van der Waals surface area contributed by atoms with E-state index in [2.05, 4.69) is 10.5 Å². The number of halogens is 1. The molecule has 0 aliphatic heterocycles. The van der Waals surface area contributed by atoms with E-state index >= 15 is 0 Å². The summed E-state index contributed by atoms with van der Waals surface area (Å²) < 4.78 is 13.2. The van der Waals surface area contributed by atoms with Crippen molar-refractivity contribution in [2.75, 3.05) is 13.2 Å². The normalized spacial score (nSPS) is 12.7. The van der Waals surface area contributed by atoms with Gasteiger partial charge in [-0.15, -0.1) is 0 Å². The Labute approximate surface area is 111 Å². The maximum atomic E-state index is 13.2. The molecule has 19 heavy (non-hydrogen) atoms. The second-order valence-corrected chi connectivity index (χ2v) is 5.21. The molecule has 6 heteroatoms. The van der Waals surface area contributed by atoms with E-state index in [9.17, 15) is 4.39 Å². The largest absolute Gasteiger partial charge is 0.409 e. The van der Waals surface area contributed by atoms with Crippen LogP contribution >= 0.6 is 0 Å². The molecule has 0 unspecified atom stereocenters. The van der Waals surface area contributed by atoms with Crippen molar-refractivity contribution in [2.24, 2.45) is 16.3 Å². The lowest BCUT2D eigenvalue weighted by Crippen LogP contribution is -2.32. The summed E-state index contributed by atoms with van der Waals surface area (Å²) in [5, 5.41) is 23.9. The fourth-order valence-electron chi connectivity index (χ4n) is 1.59. The lowest BCUT2D eigenvalue weighted by atomic mass is 9.95. The van der Waals surface area contributed by atoms with Crippen molar-refractivity contribution in [3.8, 4) is 0 Å². The van der Waals surface area contributed by atoms with Crippen molar-refractivity contribution in [3.63, 3.8) is 0 Å². The number of benzene rings is 1. The van der Waals surface area contributed by atoms with Gasteiger partial charge in [-0.3, -0.25) is 0 Å². The molecule has 0 atom stereocenters. The summed E-state index contributed by atoms with van der Waals surface area (Å²) in [6.45, 7) is 4.95. The number of aliphatic hydroxyl groups excluding tert-OH is 1.